The Labute approximate surface area is 200 Å². The van der Waals surface area contributed by atoms with Gasteiger partial charge in [-0.2, -0.15) is 9.78 Å². The number of benzene rings is 2. The van der Waals surface area contributed by atoms with Gasteiger partial charge in [0.05, 0.1) is 11.4 Å². The van der Waals surface area contributed by atoms with Crippen molar-refractivity contribution in [3.8, 4) is 17.0 Å². The van der Waals surface area contributed by atoms with Crippen molar-refractivity contribution in [2.45, 2.75) is 25.3 Å². The van der Waals surface area contributed by atoms with Crippen molar-refractivity contribution >= 4 is 17.6 Å². The van der Waals surface area contributed by atoms with E-state index < -0.39 is 11.8 Å². The van der Waals surface area contributed by atoms with E-state index in [2.05, 4.69) is 20.7 Å². The van der Waals surface area contributed by atoms with Crippen molar-refractivity contribution in [2.24, 2.45) is 0 Å². The molecule has 0 spiro atoms. The number of phenols is 1. The number of nitrogens with one attached hydrogen (secondary N) is 2. The molecule has 0 aliphatic heterocycles. The number of halogens is 1. The van der Waals surface area contributed by atoms with Crippen LogP contribution in [0.5, 0.6) is 5.75 Å². The first-order valence-corrected chi connectivity index (χ1v) is 11.2. The Kier molecular flexibility index (Phi) is 5.97. The zero-order valence-electron chi connectivity index (χ0n) is 18.6. The summed E-state index contributed by atoms with van der Waals surface area (Å²) in [5, 5.41) is 20.5. The number of hydrogen-bond acceptors (Lipinski definition) is 5. The number of phenolic OH excluding ortho intramolecular Hbond substituents is 1. The summed E-state index contributed by atoms with van der Waals surface area (Å²) in [5.74, 6) is -0.564. The number of rotatable bonds is 6. The molecule has 35 heavy (non-hydrogen) atoms. The molecule has 2 amide bonds. The highest BCUT2D eigenvalue weighted by Crippen LogP contribution is 2.42. The number of amides is 2. The number of aromatic nitrogens is 3. The van der Waals surface area contributed by atoms with Crippen molar-refractivity contribution in [1.29, 1.82) is 0 Å². The van der Waals surface area contributed by atoms with E-state index in [9.17, 15) is 19.1 Å². The third kappa shape index (κ3) is 4.89. The van der Waals surface area contributed by atoms with Gasteiger partial charge in [-0.1, -0.05) is 18.2 Å². The summed E-state index contributed by atoms with van der Waals surface area (Å²) >= 11 is 0. The number of carbonyl (C=O) groups excluding carboxylic acids is 2. The molecule has 8 nitrogen and oxygen atoms in total. The lowest BCUT2D eigenvalue weighted by molar-refractivity contribution is 0.102. The minimum Gasteiger partial charge on any atom is -0.507 e. The fourth-order valence-corrected chi connectivity index (χ4v) is 3.77. The quantitative estimate of drug-likeness (QED) is 0.354. The molecule has 0 bridgehead atoms. The molecule has 0 atom stereocenters. The average Bonchev–Trinajstić information content (AvgIpc) is 3.63. The molecule has 1 fully saturated rings. The van der Waals surface area contributed by atoms with Crippen molar-refractivity contribution in [2.75, 3.05) is 5.32 Å². The molecule has 9 heteroatoms. The van der Waals surface area contributed by atoms with Crippen LogP contribution in [-0.2, 0) is 6.54 Å². The van der Waals surface area contributed by atoms with Gasteiger partial charge in [0.1, 0.15) is 11.6 Å². The molecule has 0 radical (unpaired) electrons. The molecule has 2 aromatic carbocycles. The first kappa shape index (κ1) is 22.3. The lowest BCUT2D eigenvalue weighted by atomic mass is 10.1. The third-order valence-corrected chi connectivity index (χ3v) is 5.79. The molecule has 2 heterocycles. The van der Waals surface area contributed by atoms with Gasteiger partial charge < -0.3 is 15.7 Å². The molecule has 5 rings (SSSR count). The largest absolute Gasteiger partial charge is 0.507 e. The van der Waals surface area contributed by atoms with Gasteiger partial charge in [0.15, 0.2) is 0 Å². The highest BCUT2D eigenvalue weighted by atomic mass is 19.1. The van der Waals surface area contributed by atoms with Crippen LogP contribution in [0.2, 0.25) is 0 Å². The van der Waals surface area contributed by atoms with E-state index in [1.807, 2.05) is 0 Å². The van der Waals surface area contributed by atoms with Crippen LogP contribution in [0, 0.1) is 5.82 Å². The normalized spacial score (nSPS) is 12.8. The van der Waals surface area contributed by atoms with E-state index >= 15 is 0 Å². The predicted molar refractivity (Wildman–Crippen MR) is 128 cm³/mol. The Hall–Kier alpha value is -4.53. The summed E-state index contributed by atoms with van der Waals surface area (Å²) in [4.78, 5) is 29.3. The zero-order valence-corrected chi connectivity index (χ0v) is 18.6. The summed E-state index contributed by atoms with van der Waals surface area (Å²) in [6.07, 6.45) is 4.92. The highest BCUT2D eigenvalue weighted by molar-refractivity contribution is 6.04. The van der Waals surface area contributed by atoms with Crippen molar-refractivity contribution in [1.82, 2.24) is 20.1 Å². The molecule has 2 aromatic heterocycles. The van der Waals surface area contributed by atoms with Gasteiger partial charge in [-0.15, -0.1) is 0 Å². The van der Waals surface area contributed by atoms with Gasteiger partial charge in [-0.3, -0.25) is 9.78 Å². The van der Waals surface area contributed by atoms with Crippen molar-refractivity contribution < 1.29 is 19.1 Å². The first-order valence-electron chi connectivity index (χ1n) is 11.2. The lowest BCUT2D eigenvalue weighted by Gasteiger charge is -2.09. The molecule has 0 saturated heterocycles. The monoisotopic (exact) mass is 471 g/mol. The number of nitrogens with zero attached hydrogens (tertiary/aromatic N) is 3. The van der Waals surface area contributed by atoms with Crippen LogP contribution >= 0.6 is 0 Å². The summed E-state index contributed by atoms with van der Waals surface area (Å²) < 4.78 is 15.2. The van der Waals surface area contributed by atoms with Gasteiger partial charge in [0, 0.05) is 47.2 Å². The van der Waals surface area contributed by atoms with E-state index in [0.29, 0.717) is 28.1 Å². The predicted octanol–water partition coefficient (Wildman–Crippen LogP) is 4.68. The maximum atomic E-state index is 13.9. The Balaban J connectivity index is 1.39. The smallest absolute Gasteiger partial charge is 0.342 e. The van der Waals surface area contributed by atoms with E-state index in [1.165, 1.54) is 29.2 Å². The van der Waals surface area contributed by atoms with Crippen LogP contribution in [-0.4, -0.2) is 31.8 Å². The molecular formula is C26H22FN5O3. The van der Waals surface area contributed by atoms with Gasteiger partial charge in [0.2, 0.25) is 0 Å². The fourth-order valence-electron chi connectivity index (χ4n) is 3.77. The van der Waals surface area contributed by atoms with Crippen LogP contribution in [0.15, 0.2) is 73.1 Å². The number of anilines is 1. The maximum absolute atomic E-state index is 13.9. The minimum atomic E-state index is -0.483. The molecule has 176 valence electrons. The van der Waals surface area contributed by atoms with Crippen LogP contribution in [0.25, 0.3) is 11.3 Å². The molecule has 1 aliphatic carbocycles. The standard InChI is InChI=1S/C26H22FN5O3/c27-21-4-2-1-3-18(21)15-29-26(35)32-23(16-5-6-16)14-22(31-32)20-13-19(7-8-24(20)33)30-25(34)17-9-11-28-12-10-17/h1-4,7-14,16,33H,5-6,15H2,(H,29,35)(H,30,34). The molecule has 3 N–H and O–H groups in total. The summed E-state index contributed by atoms with van der Waals surface area (Å²) in [5.41, 5.74) is 2.77. The summed E-state index contributed by atoms with van der Waals surface area (Å²) in [7, 11) is 0. The molecule has 1 saturated carbocycles. The first-order chi connectivity index (χ1) is 17.0. The number of hydrogen-bond donors (Lipinski definition) is 3. The van der Waals surface area contributed by atoms with Crippen LogP contribution in [0.4, 0.5) is 14.9 Å². The highest BCUT2D eigenvalue weighted by Gasteiger charge is 2.31. The molecule has 4 aromatic rings. The Bertz CT molecular complexity index is 1400. The SMILES string of the molecule is O=C(Nc1ccc(O)c(-c2cc(C3CC3)n(C(=O)NCc3ccccc3F)n2)c1)c1ccncc1. The Morgan fingerprint density at radius 2 is 1.83 bits per heavy atom. The van der Waals surface area contributed by atoms with Gasteiger partial charge in [0.25, 0.3) is 5.91 Å². The topological polar surface area (TPSA) is 109 Å². The maximum Gasteiger partial charge on any atom is 0.342 e. The number of pyridine rings is 1. The molecular weight excluding hydrogens is 449 g/mol. The Morgan fingerprint density at radius 3 is 2.57 bits per heavy atom. The van der Waals surface area contributed by atoms with E-state index in [0.717, 1.165) is 18.5 Å². The average molecular weight is 471 g/mol. The van der Waals surface area contributed by atoms with E-state index in [-0.39, 0.29) is 24.1 Å². The zero-order chi connectivity index (χ0) is 24.4. The number of carbonyl (C=O) groups is 2. The Morgan fingerprint density at radius 1 is 1.06 bits per heavy atom. The van der Waals surface area contributed by atoms with Crippen LogP contribution in [0.1, 0.15) is 40.4 Å². The van der Waals surface area contributed by atoms with E-state index in [1.54, 1.807) is 48.5 Å². The third-order valence-electron chi connectivity index (χ3n) is 5.79. The van der Waals surface area contributed by atoms with Crippen LogP contribution in [0.3, 0.4) is 0 Å². The van der Waals surface area contributed by atoms with Crippen molar-refractivity contribution in [3.05, 3.63) is 95.7 Å². The molecule has 1 aliphatic rings. The van der Waals surface area contributed by atoms with Gasteiger partial charge >= 0.3 is 6.03 Å². The van der Waals surface area contributed by atoms with Gasteiger partial charge in [-0.25, -0.2) is 9.18 Å². The summed E-state index contributed by atoms with van der Waals surface area (Å²) in [6.45, 7) is 0.0204. The summed E-state index contributed by atoms with van der Waals surface area (Å²) in [6, 6.07) is 15.4. The molecule has 0 unspecified atom stereocenters. The van der Waals surface area contributed by atoms with Crippen molar-refractivity contribution in [3.63, 3.8) is 0 Å². The lowest BCUT2D eigenvalue weighted by Crippen LogP contribution is -2.30. The minimum absolute atomic E-state index is 0.0204. The van der Waals surface area contributed by atoms with Crippen LogP contribution < -0.4 is 10.6 Å². The van der Waals surface area contributed by atoms with Gasteiger partial charge in [-0.05, 0) is 55.3 Å². The second kappa shape index (κ2) is 9.38. The fraction of sp³-hybridized carbons (Fsp3) is 0.154. The number of aromatic hydroxyl groups is 1. The van der Waals surface area contributed by atoms with E-state index in [4.69, 9.17) is 0 Å². The second-order valence-corrected chi connectivity index (χ2v) is 8.31. The second-order valence-electron chi connectivity index (χ2n) is 8.31.